The third-order valence-electron chi connectivity index (χ3n) is 6.15. The van der Waals surface area contributed by atoms with E-state index >= 15 is 0 Å². The zero-order valence-electron chi connectivity index (χ0n) is 18.3. The van der Waals surface area contributed by atoms with Crippen molar-refractivity contribution < 1.29 is 19.1 Å². The summed E-state index contributed by atoms with van der Waals surface area (Å²) in [5.74, 6) is 1.35. The number of fused-ring (bicyclic) bond motifs is 1. The first-order chi connectivity index (χ1) is 15.1. The summed E-state index contributed by atoms with van der Waals surface area (Å²) in [7, 11) is 0. The van der Waals surface area contributed by atoms with E-state index in [1.165, 1.54) is 0 Å². The molecule has 1 atom stereocenters. The van der Waals surface area contributed by atoms with Gasteiger partial charge >= 0.3 is 6.03 Å². The van der Waals surface area contributed by atoms with Crippen LogP contribution in [0.2, 0.25) is 0 Å². The van der Waals surface area contributed by atoms with E-state index in [9.17, 15) is 9.59 Å². The van der Waals surface area contributed by atoms with Crippen LogP contribution >= 0.6 is 0 Å². The molecule has 3 amide bonds. The molecule has 0 saturated carbocycles. The Morgan fingerprint density at radius 3 is 2.61 bits per heavy atom. The number of hydrogen-bond donors (Lipinski definition) is 2. The van der Waals surface area contributed by atoms with Crippen molar-refractivity contribution in [3.8, 4) is 11.5 Å². The van der Waals surface area contributed by atoms with E-state index in [1.54, 1.807) is 4.90 Å². The molecule has 0 unspecified atom stereocenters. The van der Waals surface area contributed by atoms with Crippen molar-refractivity contribution in [3.63, 3.8) is 0 Å². The maximum atomic E-state index is 12.5. The molecule has 1 aromatic rings. The highest BCUT2D eigenvalue weighted by Gasteiger charge is 2.32. The minimum atomic E-state index is -0.211. The van der Waals surface area contributed by atoms with Crippen molar-refractivity contribution in [2.75, 3.05) is 70.5 Å². The van der Waals surface area contributed by atoms with Crippen LogP contribution in [0.15, 0.2) is 18.2 Å². The maximum absolute atomic E-state index is 12.5. The zero-order chi connectivity index (χ0) is 21.6. The van der Waals surface area contributed by atoms with Crippen LogP contribution in [0.3, 0.4) is 0 Å². The van der Waals surface area contributed by atoms with Crippen molar-refractivity contribution in [1.29, 1.82) is 0 Å². The van der Waals surface area contributed by atoms with E-state index < -0.39 is 0 Å². The average molecular weight is 432 g/mol. The zero-order valence-corrected chi connectivity index (χ0v) is 18.3. The summed E-state index contributed by atoms with van der Waals surface area (Å²) in [6.07, 6.45) is 1.22. The minimum absolute atomic E-state index is 0.00630. The van der Waals surface area contributed by atoms with Gasteiger partial charge in [0.05, 0.1) is 6.04 Å². The van der Waals surface area contributed by atoms with Gasteiger partial charge in [0.1, 0.15) is 13.2 Å². The standard InChI is InChI=1S/C22H33N5O4/c1-2-25-8-10-26(11-9-25)7-3-6-23-22(29)24-17-14-21(28)27(16-17)18-4-5-19-20(15-18)31-13-12-30-19/h4-5,15,17H,2-3,6-14,16H2,1H3,(H2,23,24,29)/t17-/m1/s1. The highest BCUT2D eigenvalue weighted by atomic mass is 16.6. The number of carbonyl (C=O) groups excluding carboxylic acids is 2. The number of piperazine rings is 1. The fraction of sp³-hybridized carbons (Fsp3) is 0.636. The quantitative estimate of drug-likeness (QED) is 0.624. The van der Waals surface area contributed by atoms with Crippen molar-refractivity contribution in [2.24, 2.45) is 0 Å². The molecule has 3 aliphatic heterocycles. The molecule has 3 heterocycles. The first kappa shape index (κ1) is 21.7. The predicted octanol–water partition coefficient (Wildman–Crippen LogP) is 0.890. The SMILES string of the molecule is CCN1CCN(CCCNC(=O)N[C@@H]2CC(=O)N(c3ccc4c(c3)OCCO4)C2)CC1. The Labute approximate surface area is 183 Å². The molecule has 0 aliphatic carbocycles. The molecule has 4 rings (SSSR count). The second kappa shape index (κ2) is 10.2. The van der Waals surface area contributed by atoms with E-state index in [4.69, 9.17) is 9.47 Å². The van der Waals surface area contributed by atoms with Gasteiger partial charge in [-0.3, -0.25) is 4.79 Å². The number of ether oxygens (including phenoxy) is 2. The lowest BCUT2D eigenvalue weighted by Crippen LogP contribution is -2.47. The number of urea groups is 1. The van der Waals surface area contributed by atoms with Crippen LogP contribution in [-0.2, 0) is 4.79 Å². The van der Waals surface area contributed by atoms with Gasteiger partial charge < -0.3 is 34.8 Å². The van der Waals surface area contributed by atoms with Gasteiger partial charge in [0.15, 0.2) is 11.5 Å². The summed E-state index contributed by atoms with van der Waals surface area (Å²) in [5.41, 5.74) is 0.766. The Morgan fingerprint density at radius 2 is 1.84 bits per heavy atom. The fourth-order valence-corrected chi connectivity index (χ4v) is 4.32. The highest BCUT2D eigenvalue weighted by Crippen LogP contribution is 2.35. The molecule has 2 N–H and O–H groups in total. The lowest BCUT2D eigenvalue weighted by Gasteiger charge is -2.33. The van der Waals surface area contributed by atoms with Crippen molar-refractivity contribution in [1.82, 2.24) is 20.4 Å². The summed E-state index contributed by atoms with van der Waals surface area (Å²) in [6, 6.07) is 5.09. The van der Waals surface area contributed by atoms with Crippen molar-refractivity contribution in [3.05, 3.63) is 18.2 Å². The first-order valence-corrected chi connectivity index (χ1v) is 11.3. The van der Waals surface area contributed by atoms with Crippen LogP contribution in [-0.4, -0.2) is 93.4 Å². The molecule has 2 fully saturated rings. The summed E-state index contributed by atoms with van der Waals surface area (Å²) in [6.45, 7) is 10.9. The molecular formula is C22H33N5O4. The fourth-order valence-electron chi connectivity index (χ4n) is 4.32. The van der Waals surface area contributed by atoms with Crippen molar-refractivity contribution in [2.45, 2.75) is 25.8 Å². The van der Waals surface area contributed by atoms with Crippen molar-refractivity contribution >= 4 is 17.6 Å². The number of anilines is 1. The van der Waals surface area contributed by atoms with Crippen LogP contribution in [0.25, 0.3) is 0 Å². The van der Waals surface area contributed by atoms with Gasteiger partial charge in [-0.2, -0.15) is 0 Å². The van der Waals surface area contributed by atoms with Gasteiger partial charge in [0.2, 0.25) is 5.91 Å². The second-order valence-electron chi connectivity index (χ2n) is 8.26. The van der Waals surface area contributed by atoms with Crippen LogP contribution < -0.4 is 25.0 Å². The molecular weight excluding hydrogens is 398 g/mol. The number of rotatable bonds is 7. The summed E-state index contributed by atoms with van der Waals surface area (Å²) in [5, 5.41) is 5.86. The maximum Gasteiger partial charge on any atom is 0.315 e. The Kier molecular flexibility index (Phi) is 7.14. The molecule has 9 heteroatoms. The van der Waals surface area contributed by atoms with Gasteiger partial charge in [0, 0.05) is 57.4 Å². The summed E-state index contributed by atoms with van der Waals surface area (Å²) < 4.78 is 11.1. The third-order valence-corrected chi connectivity index (χ3v) is 6.15. The predicted molar refractivity (Wildman–Crippen MR) is 118 cm³/mol. The smallest absolute Gasteiger partial charge is 0.315 e. The van der Waals surface area contributed by atoms with E-state index in [0.717, 1.165) is 51.4 Å². The van der Waals surface area contributed by atoms with E-state index in [1.807, 2.05) is 18.2 Å². The van der Waals surface area contributed by atoms with Crippen LogP contribution in [0.4, 0.5) is 10.5 Å². The Bertz CT molecular complexity index is 781. The number of carbonyl (C=O) groups is 2. The van der Waals surface area contributed by atoms with E-state index in [0.29, 0.717) is 44.2 Å². The Hall–Kier alpha value is -2.52. The molecule has 0 radical (unpaired) electrons. The largest absolute Gasteiger partial charge is 0.486 e. The number of likely N-dealkylation sites (N-methyl/N-ethyl adjacent to an activating group) is 1. The summed E-state index contributed by atoms with van der Waals surface area (Å²) in [4.78, 5) is 31.4. The number of benzene rings is 1. The van der Waals surface area contributed by atoms with E-state index in [-0.39, 0.29) is 18.0 Å². The van der Waals surface area contributed by atoms with Gasteiger partial charge in [-0.15, -0.1) is 0 Å². The molecule has 2 saturated heterocycles. The van der Waals surface area contributed by atoms with Gasteiger partial charge in [0.25, 0.3) is 0 Å². The van der Waals surface area contributed by atoms with Crippen LogP contribution in [0, 0.1) is 0 Å². The molecule has 31 heavy (non-hydrogen) atoms. The van der Waals surface area contributed by atoms with Crippen LogP contribution in [0.1, 0.15) is 19.8 Å². The normalized spacial score (nSPS) is 21.9. The Balaban J connectivity index is 1.17. The lowest BCUT2D eigenvalue weighted by molar-refractivity contribution is -0.117. The number of nitrogens with zero attached hydrogens (tertiary/aromatic N) is 3. The second-order valence-corrected chi connectivity index (χ2v) is 8.26. The summed E-state index contributed by atoms with van der Waals surface area (Å²) >= 11 is 0. The molecule has 3 aliphatic rings. The lowest BCUT2D eigenvalue weighted by atomic mass is 10.2. The Morgan fingerprint density at radius 1 is 1.10 bits per heavy atom. The topological polar surface area (TPSA) is 86.4 Å². The van der Waals surface area contributed by atoms with E-state index in [2.05, 4.69) is 27.4 Å². The third kappa shape index (κ3) is 5.59. The van der Waals surface area contributed by atoms with Crippen LogP contribution in [0.5, 0.6) is 11.5 Å². The molecule has 170 valence electrons. The monoisotopic (exact) mass is 431 g/mol. The molecule has 0 bridgehead atoms. The first-order valence-electron chi connectivity index (χ1n) is 11.3. The van der Waals surface area contributed by atoms with Gasteiger partial charge in [-0.25, -0.2) is 4.79 Å². The van der Waals surface area contributed by atoms with Gasteiger partial charge in [-0.1, -0.05) is 6.92 Å². The molecule has 9 nitrogen and oxygen atoms in total. The highest BCUT2D eigenvalue weighted by molar-refractivity contribution is 5.97. The molecule has 0 aromatic heterocycles. The minimum Gasteiger partial charge on any atom is -0.486 e. The number of nitrogens with one attached hydrogen (secondary N) is 2. The average Bonchev–Trinajstić information content (AvgIpc) is 3.16. The van der Waals surface area contributed by atoms with Gasteiger partial charge in [-0.05, 0) is 31.6 Å². The molecule has 0 spiro atoms. The number of amides is 3. The molecule has 1 aromatic carbocycles. The number of hydrogen-bond acceptors (Lipinski definition) is 6.